The zero-order chi connectivity index (χ0) is 18.4. The lowest BCUT2D eigenvalue weighted by atomic mass is 10.0. The van der Waals surface area contributed by atoms with Crippen molar-refractivity contribution in [3.05, 3.63) is 59.7 Å². The number of aryl methyl sites for hydroxylation is 1. The standard InChI is InChI=1S/C21H28N4O/c1-3-24-11-8-20(9-12-24)25(13-7-19-6-4-5-10-23-19)21(26)18-14-17(2)15-22-16-18/h4-6,10,14-16,20H,3,7-9,11-13H2,1-2H3. The minimum absolute atomic E-state index is 0.0899. The van der Waals surface area contributed by atoms with E-state index in [0.29, 0.717) is 12.1 Å². The van der Waals surface area contributed by atoms with Crippen molar-refractivity contribution in [3.8, 4) is 0 Å². The van der Waals surface area contributed by atoms with E-state index >= 15 is 0 Å². The van der Waals surface area contributed by atoms with Crippen LogP contribution in [0.3, 0.4) is 0 Å². The van der Waals surface area contributed by atoms with Crippen LogP contribution in [0.4, 0.5) is 0 Å². The Labute approximate surface area is 156 Å². The molecule has 138 valence electrons. The monoisotopic (exact) mass is 352 g/mol. The normalized spacial score (nSPS) is 15.8. The fourth-order valence-corrected chi connectivity index (χ4v) is 3.62. The highest BCUT2D eigenvalue weighted by Gasteiger charge is 2.28. The number of likely N-dealkylation sites (tertiary alicyclic amines) is 1. The van der Waals surface area contributed by atoms with Gasteiger partial charge in [-0.05, 0) is 50.1 Å². The summed E-state index contributed by atoms with van der Waals surface area (Å²) in [4.78, 5) is 26.3. The van der Waals surface area contributed by atoms with Gasteiger partial charge in [-0.15, -0.1) is 0 Å². The van der Waals surface area contributed by atoms with Crippen molar-refractivity contribution in [3.63, 3.8) is 0 Å². The average Bonchev–Trinajstić information content (AvgIpc) is 2.69. The van der Waals surface area contributed by atoms with Gasteiger partial charge in [-0.3, -0.25) is 14.8 Å². The highest BCUT2D eigenvalue weighted by molar-refractivity contribution is 5.94. The Kier molecular flexibility index (Phi) is 6.34. The molecule has 1 aliphatic heterocycles. The summed E-state index contributed by atoms with van der Waals surface area (Å²) in [5.41, 5.74) is 2.73. The lowest BCUT2D eigenvalue weighted by molar-refractivity contribution is 0.0579. The summed E-state index contributed by atoms with van der Waals surface area (Å²) in [6, 6.07) is 8.17. The van der Waals surface area contributed by atoms with Crippen LogP contribution in [0.5, 0.6) is 0 Å². The Bertz CT molecular complexity index is 711. The molecule has 1 aliphatic rings. The second kappa shape index (κ2) is 8.90. The van der Waals surface area contributed by atoms with Crippen LogP contribution in [0.15, 0.2) is 42.9 Å². The van der Waals surface area contributed by atoms with Crippen LogP contribution in [-0.2, 0) is 6.42 Å². The summed E-state index contributed by atoms with van der Waals surface area (Å²) < 4.78 is 0. The topological polar surface area (TPSA) is 49.3 Å². The quantitative estimate of drug-likeness (QED) is 0.802. The Morgan fingerprint density at radius 3 is 2.73 bits per heavy atom. The van der Waals surface area contributed by atoms with Crippen molar-refractivity contribution >= 4 is 5.91 Å². The summed E-state index contributed by atoms with van der Waals surface area (Å²) in [6.07, 6.45) is 8.12. The van der Waals surface area contributed by atoms with Gasteiger partial charge in [0.05, 0.1) is 5.56 Å². The number of hydrogen-bond acceptors (Lipinski definition) is 4. The Morgan fingerprint density at radius 1 is 1.27 bits per heavy atom. The molecule has 0 bridgehead atoms. The highest BCUT2D eigenvalue weighted by atomic mass is 16.2. The molecule has 5 heteroatoms. The fraction of sp³-hybridized carbons (Fsp3) is 0.476. The molecule has 0 N–H and O–H groups in total. The molecule has 0 aliphatic carbocycles. The number of hydrogen-bond donors (Lipinski definition) is 0. The van der Waals surface area contributed by atoms with Crippen LogP contribution in [0.25, 0.3) is 0 Å². The van der Waals surface area contributed by atoms with Gasteiger partial charge in [0.1, 0.15) is 0 Å². The molecule has 26 heavy (non-hydrogen) atoms. The van der Waals surface area contributed by atoms with E-state index in [1.807, 2.05) is 37.4 Å². The first-order valence-corrected chi connectivity index (χ1v) is 9.52. The van der Waals surface area contributed by atoms with E-state index in [0.717, 1.165) is 50.2 Å². The fourth-order valence-electron chi connectivity index (χ4n) is 3.62. The second-order valence-corrected chi connectivity index (χ2v) is 6.99. The van der Waals surface area contributed by atoms with Crippen molar-refractivity contribution in [1.82, 2.24) is 19.8 Å². The van der Waals surface area contributed by atoms with Gasteiger partial charge >= 0.3 is 0 Å². The van der Waals surface area contributed by atoms with Gasteiger partial charge in [-0.25, -0.2) is 0 Å². The van der Waals surface area contributed by atoms with Gasteiger partial charge in [-0.1, -0.05) is 13.0 Å². The number of rotatable bonds is 6. The first-order chi connectivity index (χ1) is 12.7. The molecule has 0 saturated carbocycles. The Morgan fingerprint density at radius 2 is 2.08 bits per heavy atom. The van der Waals surface area contributed by atoms with E-state index in [4.69, 9.17) is 0 Å². The maximum atomic E-state index is 13.2. The van der Waals surface area contributed by atoms with Crippen LogP contribution in [0.1, 0.15) is 41.4 Å². The third-order valence-electron chi connectivity index (χ3n) is 5.16. The maximum absolute atomic E-state index is 13.2. The van der Waals surface area contributed by atoms with Gasteiger partial charge in [0.2, 0.25) is 0 Å². The van der Waals surface area contributed by atoms with Crippen LogP contribution in [0.2, 0.25) is 0 Å². The molecule has 5 nitrogen and oxygen atoms in total. The molecule has 0 radical (unpaired) electrons. The van der Waals surface area contributed by atoms with Gasteiger partial charge in [0.25, 0.3) is 5.91 Å². The predicted octanol–water partition coefficient (Wildman–Crippen LogP) is 2.95. The number of pyridine rings is 2. The first-order valence-electron chi connectivity index (χ1n) is 9.52. The molecule has 1 fully saturated rings. The number of carbonyl (C=O) groups is 1. The Balaban J connectivity index is 1.75. The molecule has 3 heterocycles. The molecule has 0 atom stereocenters. The molecule has 1 saturated heterocycles. The smallest absolute Gasteiger partial charge is 0.255 e. The molecule has 1 amide bonds. The van der Waals surface area contributed by atoms with E-state index in [2.05, 4.69) is 26.7 Å². The largest absolute Gasteiger partial charge is 0.335 e. The van der Waals surface area contributed by atoms with Crippen molar-refractivity contribution < 1.29 is 4.79 Å². The van der Waals surface area contributed by atoms with Crippen LogP contribution >= 0.6 is 0 Å². The summed E-state index contributed by atoms with van der Waals surface area (Å²) in [5, 5.41) is 0. The number of piperidine rings is 1. The lowest BCUT2D eigenvalue weighted by Gasteiger charge is -2.38. The third kappa shape index (κ3) is 4.67. The molecular weight excluding hydrogens is 324 g/mol. The maximum Gasteiger partial charge on any atom is 0.255 e. The summed E-state index contributed by atoms with van der Waals surface area (Å²) in [5.74, 6) is 0.0899. The van der Waals surface area contributed by atoms with Crippen molar-refractivity contribution in [2.75, 3.05) is 26.2 Å². The van der Waals surface area contributed by atoms with Crippen molar-refractivity contribution in [2.45, 2.75) is 39.2 Å². The SMILES string of the molecule is CCN1CCC(N(CCc2ccccn2)C(=O)c2cncc(C)c2)CC1. The van der Waals surface area contributed by atoms with Crippen LogP contribution in [0, 0.1) is 6.92 Å². The molecule has 0 unspecified atom stereocenters. The van der Waals surface area contributed by atoms with Crippen LogP contribution < -0.4 is 0 Å². The summed E-state index contributed by atoms with van der Waals surface area (Å²) in [6.45, 7) is 8.06. The zero-order valence-electron chi connectivity index (χ0n) is 15.8. The highest BCUT2D eigenvalue weighted by Crippen LogP contribution is 2.20. The lowest BCUT2D eigenvalue weighted by Crippen LogP contribution is -2.48. The van der Waals surface area contributed by atoms with E-state index in [-0.39, 0.29) is 11.9 Å². The minimum atomic E-state index is 0.0899. The van der Waals surface area contributed by atoms with Gasteiger partial charge < -0.3 is 9.80 Å². The van der Waals surface area contributed by atoms with E-state index in [1.165, 1.54) is 0 Å². The number of carbonyl (C=O) groups excluding carboxylic acids is 1. The molecule has 2 aromatic rings. The molecule has 3 rings (SSSR count). The summed E-state index contributed by atoms with van der Waals surface area (Å²) >= 11 is 0. The van der Waals surface area contributed by atoms with Gasteiger partial charge in [0.15, 0.2) is 0 Å². The Hall–Kier alpha value is -2.27. The second-order valence-electron chi connectivity index (χ2n) is 6.99. The van der Waals surface area contributed by atoms with E-state index in [1.54, 1.807) is 12.4 Å². The van der Waals surface area contributed by atoms with Crippen LogP contribution in [-0.4, -0.2) is 57.9 Å². The van der Waals surface area contributed by atoms with Gasteiger partial charge in [0, 0.05) is 56.4 Å². The predicted molar refractivity (Wildman–Crippen MR) is 103 cm³/mol. The number of aromatic nitrogens is 2. The third-order valence-corrected chi connectivity index (χ3v) is 5.16. The van der Waals surface area contributed by atoms with Crippen molar-refractivity contribution in [1.29, 1.82) is 0 Å². The molecule has 0 spiro atoms. The molecule has 0 aromatic carbocycles. The van der Waals surface area contributed by atoms with E-state index in [9.17, 15) is 4.79 Å². The van der Waals surface area contributed by atoms with Crippen molar-refractivity contribution in [2.24, 2.45) is 0 Å². The van der Waals surface area contributed by atoms with E-state index < -0.39 is 0 Å². The minimum Gasteiger partial charge on any atom is -0.335 e. The number of nitrogens with zero attached hydrogens (tertiary/aromatic N) is 4. The summed E-state index contributed by atoms with van der Waals surface area (Å²) in [7, 11) is 0. The number of amides is 1. The average molecular weight is 352 g/mol. The zero-order valence-corrected chi connectivity index (χ0v) is 15.8. The van der Waals surface area contributed by atoms with Gasteiger partial charge in [-0.2, -0.15) is 0 Å². The molecule has 2 aromatic heterocycles. The first kappa shape index (κ1) is 18.5. The molecular formula is C21H28N4O.